The Kier molecular flexibility index (Phi) is 47.4. The van der Waals surface area contributed by atoms with Crippen molar-refractivity contribution in [2.75, 3.05) is 19.8 Å². The number of ether oxygens (including phenoxy) is 4. The number of aliphatic hydroxyl groups excluding tert-OH is 8. The van der Waals surface area contributed by atoms with Crippen LogP contribution in [-0.2, 0) is 23.7 Å². The van der Waals surface area contributed by atoms with E-state index in [-0.39, 0.29) is 18.9 Å². The number of unbranched alkanes of at least 4 members (excludes halogenated alkanes) is 39. The number of allylic oxidation sites excluding steroid dienone is 3. The minimum atomic E-state index is -1.79. The third-order valence-corrected chi connectivity index (χ3v) is 16.4. The van der Waals surface area contributed by atoms with Gasteiger partial charge in [0.1, 0.15) is 48.8 Å². The molecule has 2 aliphatic heterocycles. The highest BCUT2D eigenvalue weighted by Gasteiger charge is 2.51. The molecule has 79 heavy (non-hydrogen) atoms. The lowest BCUT2D eigenvalue weighted by molar-refractivity contribution is -0.359. The van der Waals surface area contributed by atoms with Crippen LogP contribution in [0.5, 0.6) is 0 Å². The van der Waals surface area contributed by atoms with Crippen LogP contribution in [0.25, 0.3) is 0 Å². The Morgan fingerprint density at radius 1 is 0.443 bits per heavy atom. The van der Waals surface area contributed by atoms with Crippen LogP contribution >= 0.6 is 0 Å². The summed E-state index contributed by atoms with van der Waals surface area (Å²) in [6, 6.07) is -0.917. The average molecular weight is 1130 g/mol. The van der Waals surface area contributed by atoms with Crippen LogP contribution in [0.2, 0.25) is 0 Å². The van der Waals surface area contributed by atoms with Gasteiger partial charge in [0.05, 0.1) is 32.0 Å². The first kappa shape index (κ1) is 73.6. The van der Waals surface area contributed by atoms with Gasteiger partial charge in [-0.05, 0) is 44.9 Å². The van der Waals surface area contributed by atoms with E-state index >= 15 is 0 Å². The molecule has 0 bridgehead atoms. The molecule has 2 saturated heterocycles. The monoisotopic (exact) mass is 1130 g/mol. The highest BCUT2D eigenvalue weighted by Crippen LogP contribution is 2.30. The molecule has 0 saturated carbocycles. The Bertz CT molecular complexity index is 1420. The fourth-order valence-corrected chi connectivity index (χ4v) is 11.1. The van der Waals surface area contributed by atoms with Crippen LogP contribution < -0.4 is 5.32 Å². The van der Waals surface area contributed by atoms with E-state index < -0.39 is 86.8 Å². The first-order valence-corrected chi connectivity index (χ1v) is 33.1. The van der Waals surface area contributed by atoms with Gasteiger partial charge in [-0.25, -0.2) is 0 Å². The second-order valence-corrected chi connectivity index (χ2v) is 23.6. The molecule has 12 unspecified atom stereocenters. The summed E-state index contributed by atoms with van der Waals surface area (Å²) in [6.07, 6.45) is 45.4. The van der Waals surface area contributed by atoms with Crippen molar-refractivity contribution in [2.24, 2.45) is 0 Å². The third kappa shape index (κ3) is 36.0. The minimum absolute atomic E-state index is 0.246. The molecular formula is C65H123NO13. The molecule has 0 aliphatic carbocycles. The molecule has 466 valence electrons. The number of rotatable bonds is 54. The van der Waals surface area contributed by atoms with Crippen molar-refractivity contribution in [1.82, 2.24) is 5.32 Å². The molecule has 0 aromatic rings. The van der Waals surface area contributed by atoms with Gasteiger partial charge in [-0.3, -0.25) is 4.79 Å². The Balaban J connectivity index is 1.64. The molecule has 14 heteroatoms. The maximum absolute atomic E-state index is 13.2. The van der Waals surface area contributed by atoms with Gasteiger partial charge in [-0.2, -0.15) is 0 Å². The van der Waals surface area contributed by atoms with E-state index in [0.29, 0.717) is 6.42 Å². The van der Waals surface area contributed by atoms with Crippen LogP contribution in [0.1, 0.15) is 290 Å². The van der Waals surface area contributed by atoms with E-state index in [2.05, 4.69) is 31.3 Å². The van der Waals surface area contributed by atoms with Crippen LogP contribution in [0, 0.1) is 0 Å². The Hall–Kier alpha value is -1.53. The first-order chi connectivity index (χ1) is 38.6. The fourth-order valence-electron chi connectivity index (χ4n) is 11.1. The lowest BCUT2D eigenvalue weighted by Crippen LogP contribution is -2.65. The van der Waals surface area contributed by atoms with Crippen molar-refractivity contribution >= 4 is 5.91 Å². The molecule has 12 atom stereocenters. The number of nitrogens with one attached hydrogen (secondary N) is 1. The summed E-state index contributed by atoms with van der Waals surface area (Å²) in [5.74, 6) is -0.246. The van der Waals surface area contributed by atoms with Crippen LogP contribution in [-0.4, -0.2) is 140 Å². The van der Waals surface area contributed by atoms with Gasteiger partial charge in [0, 0.05) is 6.42 Å². The van der Waals surface area contributed by atoms with Gasteiger partial charge in [-0.15, -0.1) is 0 Å². The van der Waals surface area contributed by atoms with E-state index in [0.717, 1.165) is 57.8 Å². The predicted octanol–water partition coefficient (Wildman–Crippen LogP) is 12.4. The maximum atomic E-state index is 13.2. The zero-order valence-corrected chi connectivity index (χ0v) is 50.4. The number of hydrogen-bond donors (Lipinski definition) is 9. The first-order valence-electron chi connectivity index (χ1n) is 33.1. The van der Waals surface area contributed by atoms with Gasteiger partial charge >= 0.3 is 0 Å². The van der Waals surface area contributed by atoms with Crippen molar-refractivity contribution in [3.8, 4) is 0 Å². The molecule has 2 aliphatic rings. The van der Waals surface area contributed by atoms with Crippen molar-refractivity contribution < 1.29 is 64.6 Å². The molecule has 2 rings (SSSR count). The summed E-state index contributed by atoms with van der Waals surface area (Å²) in [7, 11) is 0. The van der Waals surface area contributed by atoms with Crippen molar-refractivity contribution in [1.29, 1.82) is 0 Å². The van der Waals surface area contributed by atoms with Crippen LogP contribution in [0.4, 0.5) is 0 Å². The van der Waals surface area contributed by atoms with Crippen LogP contribution in [0.3, 0.4) is 0 Å². The lowest BCUT2D eigenvalue weighted by Gasteiger charge is -2.46. The summed E-state index contributed by atoms with van der Waals surface area (Å²) in [5, 5.41) is 87.1. The molecular weight excluding hydrogens is 1000 g/mol. The molecule has 2 fully saturated rings. The molecule has 0 aromatic heterocycles. The van der Waals surface area contributed by atoms with Gasteiger partial charge in [0.2, 0.25) is 5.91 Å². The second-order valence-electron chi connectivity index (χ2n) is 23.6. The lowest BCUT2D eigenvalue weighted by atomic mass is 9.97. The molecule has 2 heterocycles. The third-order valence-electron chi connectivity index (χ3n) is 16.4. The van der Waals surface area contributed by atoms with Crippen molar-refractivity contribution in [3.63, 3.8) is 0 Å². The highest BCUT2D eigenvalue weighted by molar-refractivity contribution is 5.76. The van der Waals surface area contributed by atoms with E-state index in [4.69, 9.17) is 18.9 Å². The fraction of sp³-hybridized carbons (Fsp3) is 0.923. The SMILES string of the molecule is CCCCCC/C=C\CCCCCCCC(=O)NC(COC1OC(CO)C(OC2OC(CO)C(O)C(O)C2O)C(O)C1O)C(O)/C=C/CCCCCCCCCCCCCCCCCCCCCCCCCCCCCCCC. The summed E-state index contributed by atoms with van der Waals surface area (Å²) >= 11 is 0. The molecule has 0 spiro atoms. The minimum Gasteiger partial charge on any atom is -0.394 e. The standard InChI is InChI=1S/C65H123NO13/c1-3-5-7-9-11-13-15-17-18-19-20-21-22-23-24-25-26-27-28-29-30-31-32-33-34-35-37-38-40-42-44-46-48-54(69)53(66-57(70)49-47-45-43-41-39-36-16-14-12-10-8-6-4-2)52-76-64-62(75)60(73)63(56(51-68)78-64)79-65-61(74)59(72)58(71)55(50-67)77-65/h14,16,46,48,53-56,58-65,67-69,71-75H,3-13,15,17-45,47,49-52H2,1-2H3,(H,66,70)/b16-14-,48-46+. The Morgan fingerprint density at radius 3 is 1.22 bits per heavy atom. The molecule has 9 N–H and O–H groups in total. The molecule has 1 amide bonds. The maximum Gasteiger partial charge on any atom is 0.220 e. The van der Waals surface area contributed by atoms with Crippen molar-refractivity contribution in [3.05, 3.63) is 24.3 Å². The summed E-state index contributed by atoms with van der Waals surface area (Å²) in [6.45, 7) is 2.80. The molecule has 0 aromatic carbocycles. The summed E-state index contributed by atoms with van der Waals surface area (Å²) in [5.41, 5.74) is 0. The Labute approximate surface area is 481 Å². The number of hydrogen-bond acceptors (Lipinski definition) is 13. The van der Waals surface area contributed by atoms with Gasteiger partial charge < -0.3 is 65.1 Å². The van der Waals surface area contributed by atoms with Crippen LogP contribution in [0.15, 0.2) is 24.3 Å². The zero-order valence-electron chi connectivity index (χ0n) is 50.4. The van der Waals surface area contributed by atoms with Gasteiger partial charge in [0.15, 0.2) is 12.6 Å². The number of aliphatic hydroxyl groups is 8. The zero-order chi connectivity index (χ0) is 57.4. The molecule has 14 nitrogen and oxygen atoms in total. The van der Waals surface area contributed by atoms with Crippen molar-refractivity contribution in [2.45, 2.75) is 364 Å². The van der Waals surface area contributed by atoms with E-state index in [1.165, 1.54) is 205 Å². The highest BCUT2D eigenvalue weighted by atomic mass is 16.7. The predicted molar refractivity (Wildman–Crippen MR) is 318 cm³/mol. The largest absolute Gasteiger partial charge is 0.394 e. The molecule has 0 radical (unpaired) electrons. The quantitative estimate of drug-likeness (QED) is 0.0204. The average Bonchev–Trinajstić information content (AvgIpc) is 3.45. The van der Waals surface area contributed by atoms with E-state index in [1.54, 1.807) is 6.08 Å². The summed E-state index contributed by atoms with van der Waals surface area (Å²) < 4.78 is 22.8. The summed E-state index contributed by atoms with van der Waals surface area (Å²) in [4.78, 5) is 13.2. The second kappa shape index (κ2) is 50.9. The normalized spacial score (nSPS) is 24.5. The van der Waals surface area contributed by atoms with E-state index in [1.807, 2.05) is 6.08 Å². The van der Waals surface area contributed by atoms with E-state index in [9.17, 15) is 45.6 Å². The van der Waals surface area contributed by atoms with Gasteiger partial charge in [0.25, 0.3) is 0 Å². The smallest absolute Gasteiger partial charge is 0.220 e. The number of amides is 1. The number of carbonyl (C=O) groups is 1. The topological polar surface area (TPSA) is 228 Å². The number of carbonyl (C=O) groups excluding carboxylic acids is 1. The van der Waals surface area contributed by atoms with Gasteiger partial charge in [-0.1, -0.05) is 263 Å². The Morgan fingerprint density at radius 2 is 0.797 bits per heavy atom.